The Hall–Kier alpha value is -1.40. The fourth-order valence-electron chi connectivity index (χ4n) is 2.09. The normalized spacial score (nSPS) is 13.3. The van der Waals surface area contributed by atoms with Crippen LogP contribution in [0.25, 0.3) is 0 Å². The van der Waals surface area contributed by atoms with Crippen molar-refractivity contribution in [2.24, 2.45) is 5.92 Å². The molecule has 0 amide bonds. The molecule has 0 aliphatic carbocycles. The smallest absolute Gasteiger partial charge is 0.307 e. The highest BCUT2D eigenvalue weighted by Crippen LogP contribution is 2.14. The van der Waals surface area contributed by atoms with Crippen LogP contribution in [-0.4, -0.2) is 42.6 Å². The molecule has 0 aliphatic heterocycles. The van der Waals surface area contributed by atoms with Gasteiger partial charge in [0.15, 0.2) is 0 Å². The maximum Gasteiger partial charge on any atom is 0.307 e. The molecule has 0 saturated carbocycles. The van der Waals surface area contributed by atoms with E-state index in [0.29, 0.717) is 13.1 Å². The highest BCUT2D eigenvalue weighted by atomic mass is 32.2. The molecule has 20 heavy (non-hydrogen) atoms. The number of rotatable bonds is 8. The number of carbonyl (C=O) groups is 1. The van der Waals surface area contributed by atoms with Crippen molar-refractivity contribution in [2.45, 2.75) is 20.3 Å². The first-order valence-electron chi connectivity index (χ1n) is 6.65. The molecule has 0 spiro atoms. The van der Waals surface area contributed by atoms with Crippen molar-refractivity contribution in [3.8, 4) is 0 Å². The van der Waals surface area contributed by atoms with Gasteiger partial charge < -0.3 is 5.11 Å². The van der Waals surface area contributed by atoms with Crippen LogP contribution in [-0.2, 0) is 21.2 Å². The molecule has 5 nitrogen and oxygen atoms in total. The number of sulfonamides is 1. The fourth-order valence-corrected chi connectivity index (χ4v) is 3.86. The Morgan fingerprint density at radius 3 is 2.20 bits per heavy atom. The molecule has 0 aromatic heterocycles. The van der Waals surface area contributed by atoms with Crippen LogP contribution in [0.4, 0.5) is 0 Å². The van der Waals surface area contributed by atoms with Gasteiger partial charge in [0.05, 0.1) is 11.7 Å². The van der Waals surface area contributed by atoms with Crippen molar-refractivity contribution < 1.29 is 18.3 Å². The van der Waals surface area contributed by atoms with Crippen LogP contribution >= 0.6 is 0 Å². The van der Waals surface area contributed by atoms with E-state index in [9.17, 15) is 18.3 Å². The van der Waals surface area contributed by atoms with Crippen LogP contribution in [0.3, 0.4) is 0 Å². The predicted molar refractivity (Wildman–Crippen MR) is 78.0 cm³/mol. The van der Waals surface area contributed by atoms with E-state index < -0.39 is 21.9 Å². The molecule has 1 aromatic carbocycles. The minimum atomic E-state index is -3.53. The van der Waals surface area contributed by atoms with Crippen LogP contribution in [0.5, 0.6) is 0 Å². The summed E-state index contributed by atoms with van der Waals surface area (Å²) in [6.07, 6.45) is 0.219. The molecule has 1 N–H and O–H groups in total. The van der Waals surface area contributed by atoms with Crippen LogP contribution in [0.1, 0.15) is 19.4 Å². The minimum Gasteiger partial charge on any atom is -0.481 e. The zero-order valence-corrected chi connectivity index (χ0v) is 12.6. The van der Waals surface area contributed by atoms with E-state index in [1.54, 1.807) is 26.0 Å². The second-order valence-electron chi connectivity index (χ2n) is 4.59. The SMILES string of the molecule is CCN(CC)S(=O)(=O)CC(Cc1ccccc1)C(=O)O. The topological polar surface area (TPSA) is 74.7 Å². The van der Waals surface area contributed by atoms with Crippen molar-refractivity contribution in [1.82, 2.24) is 4.31 Å². The maximum absolute atomic E-state index is 12.2. The first-order valence-corrected chi connectivity index (χ1v) is 8.26. The Morgan fingerprint density at radius 2 is 1.75 bits per heavy atom. The number of hydrogen-bond acceptors (Lipinski definition) is 3. The van der Waals surface area contributed by atoms with Gasteiger partial charge in [-0.05, 0) is 12.0 Å². The van der Waals surface area contributed by atoms with E-state index in [-0.39, 0.29) is 12.2 Å². The van der Waals surface area contributed by atoms with Crippen LogP contribution in [0.2, 0.25) is 0 Å². The lowest BCUT2D eigenvalue weighted by Crippen LogP contribution is -2.37. The summed E-state index contributed by atoms with van der Waals surface area (Å²) in [4.78, 5) is 11.3. The molecular weight excluding hydrogens is 278 g/mol. The van der Waals surface area contributed by atoms with Gasteiger partial charge in [0.25, 0.3) is 0 Å². The molecule has 112 valence electrons. The average Bonchev–Trinajstić information content (AvgIpc) is 2.39. The minimum absolute atomic E-state index is 0.219. The van der Waals surface area contributed by atoms with E-state index >= 15 is 0 Å². The number of aliphatic carboxylic acids is 1. The van der Waals surface area contributed by atoms with E-state index in [4.69, 9.17) is 0 Å². The number of nitrogens with zero attached hydrogens (tertiary/aromatic N) is 1. The summed E-state index contributed by atoms with van der Waals surface area (Å²) in [7, 11) is -3.53. The van der Waals surface area contributed by atoms with Crippen LogP contribution < -0.4 is 0 Å². The fraction of sp³-hybridized carbons (Fsp3) is 0.500. The summed E-state index contributed by atoms with van der Waals surface area (Å²) in [5, 5.41) is 9.24. The third-order valence-corrected chi connectivity index (χ3v) is 5.31. The summed E-state index contributed by atoms with van der Waals surface area (Å²) >= 11 is 0. The highest BCUT2D eigenvalue weighted by molar-refractivity contribution is 7.89. The van der Waals surface area contributed by atoms with Crippen LogP contribution in [0, 0.1) is 5.92 Å². The van der Waals surface area contributed by atoms with E-state index in [0.717, 1.165) is 5.56 Å². The summed E-state index contributed by atoms with van der Waals surface area (Å²) in [5.74, 6) is -2.37. The average molecular weight is 299 g/mol. The zero-order valence-electron chi connectivity index (χ0n) is 11.8. The first kappa shape index (κ1) is 16.7. The molecule has 6 heteroatoms. The summed E-state index contributed by atoms with van der Waals surface area (Å²) in [5.41, 5.74) is 0.828. The monoisotopic (exact) mass is 299 g/mol. The quantitative estimate of drug-likeness (QED) is 0.791. The van der Waals surface area contributed by atoms with Gasteiger partial charge in [-0.1, -0.05) is 44.2 Å². The molecular formula is C14H21NO4S. The van der Waals surface area contributed by atoms with Crippen molar-refractivity contribution in [2.75, 3.05) is 18.8 Å². The predicted octanol–water partition coefficient (Wildman–Crippen LogP) is 1.60. The van der Waals surface area contributed by atoms with Gasteiger partial charge >= 0.3 is 5.97 Å². The van der Waals surface area contributed by atoms with Crippen molar-refractivity contribution in [3.05, 3.63) is 35.9 Å². The molecule has 0 saturated heterocycles. The lowest BCUT2D eigenvalue weighted by molar-refractivity contribution is -0.140. The summed E-state index contributed by atoms with van der Waals surface area (Å²) < 4.78 is 25.6. The Bertz CT molecular complexity index is 523. The maximum atomic E-state index is 12.2. The van der Waals surface area contributed by atoms with Gasteiger partial charge in [0.1, 0.15) is 0 Å². The van der Waals surface area contributed by atoms with Crippen LogP contribution in [0.15, 0.2) is 30.3 Å². The number of carboxylic acids is 1. The van der Waals surface area contributed by atoms with E-state index in [1.807, 2.05) is 18.2 Å². The van der Waals surface area contributed by atoms with E-state index in [2.05, 4.69) is 0 Å². The molecule has 0 fully saturated rings. The van der Waals surface area contributed by atoms with Gasteiger partial charge in [0.2, 0.25) is 10.0 Å². The van der Waals surface area contributed by atoms with Gasteiger partial charge in [0, 0.05) is 13.1 Å². The molecule has 1 atom stereocenters. The Balaban J connectivity index is 2.86. The molecule has 0 heterocycles. The van der Waals surface area contributed by atoms with Crippen molar-refractivity contribution in [3.63, 3.8) is 0 Å². The molecule has 0 aliphatic rings. The standard InChI is InChI=1S/C14H21NO4S/c1-3-15(4-2)20(18,19)11-13(14(16)17)10-12-8-6-5-7-9-12/h5-9,13H,3-4,10-11H2,1-2H3,(H,16,17). The van der Waals surface area contributed by atoms with Gasteiger partial charge in [-0.25, -0.2) is 12.7 Å². The second-order valence-corrected chi connectivity index (χ2v) is 6.60. The van der Waals surface area contributed by atoms with E-state index in [1.165, 1.54) is 4.31 Å². The largest absolute Gasteiger partial charge is 0.481 e. The molecule has 1 unspecified atom stereocenters. The lowest BCUT2D eigenvalue weighted by Gasteiger charge is -2.21. The van der Waals surface area contributed by atoms with Gasteiger partial charge in [-0.2, -0.15) is 0 Å². The summed E-state index contributed by atoms with van der Waals surface area (Å²) in [6.45, 7) is 4.20. The highest BCUT2D eigenvalue weighted by Gasteiger charge is 2.28. The third-order valence-electron chi connectivity index (χ3n) is 3.18. The molecule has 0 radical (unpaired) electrons. The zero-order chi connectivity index (χ0) is 15.2. The number of hydrogen-bond donors (Lipinski definition) is 1. The number of benzene rings is 1. The van der Waals surface area contributed by atoms with Gasteiger partial charge in [-0.15, -0.1) is 0 Å². The second kappa shape index (κ2) is 7.40. The van der Waals surface area contributed by atoms with Gasteiger partial charge in [-0.3, -0.25) is 4.79 Å². The Morgan fingerprint density at radius 1 is 1.20 bits per heavy atom. The number of carboxylic acid groups (broad SMARTS) is 1. The van der Waals surface area contributed by atoms with Crippen molar-refractivity contribution in [1.29, 1.82) is 0 Å². The Kier molecular flexibility index (Phi) is 6.16. The summed E-state index contributed by atoms with van der Waals surface area (Å²) in [6, 6.07) is 9.08. The molecule has 0 bridgehead atoms. The molecule has 1 aromatic rings. The first-order chi connectivity index (χ1) is 9.40. The molecule has 1 rings (SSSR count). The lowest BCUT2D eigenvalue weighted by atomic mass is 10.0. The Labute approximate surface area is 120 Å². The van der Waals surface area contributed by atoms with Crippen molar-refractivity contribution >= 4 is 16.0 Å². The third kappa shape index (κ3) is 4.61.